The van der Waals surface area contributed by atoms with E-state index in [1.165, 1.54) is 17.0 Å². The molecule has 1 N–H and O–H groups in total. The summed E-state index contributed by atoms with van der Waals surface area (Å²) in [6.45, 7) is 4.89. The molecule has 0 aliphatic rings. The summed E-state index contributed by atoms with van der Waals surface area (Å²) in [6.07, 6.45) is 3.06. The molecule has 33 heavy (non-hydrogen) atoms. The molecule has 2 aromatic carbocycles. The van der Waals surface area contributed by atoms with Crippen LogP contribution in [0.4, 0.5) is 14.9 Å². The van der Waals surface area contributed by atoms with Gasteiger partial charge in [-0.25, -0.2) is 9.18 Å². The number of rotatable bonds is 10. The number of benzene rings is 2. The van der Waals surface area contributed by atoms with Gasteiger partial charge in [-0.05, 0) is 54.3 Å². The Hall–Kier alpha value is -3.61. The third-order valence-electron chi connectivity index (χ3n) is 5.31. The Morgan fingerprint density at radius 1 is 0.939 bits per heavy atom. The van der Waals surface area contributed by atoms with Gasteiger partial charge in [0.05, 0.1) is 12.8 Å². The van der Waals surface area contributed by atoms with E-state index in [4.69, 9.17) is 4.42 Å². The molecule has 174 valence electrons. The smallest absolute Gasteiger partial charge is 0.322 e. The van der Waals surface area contributed by atoms with Crippen molar-refractivity contribution in [3.63, 3.8) is 0 Å². The fourth-order valence-electron chi connectivity index (χ4n) is 3.56. The number of anilines is 1. The molecule has 0 aliphatic heterocycles. The first-order valence-electron chi connectivity index (χ1n) is 11.2. The van der Waals surface area contributed by atoms with Gasteiger partial charge >= 0.3 is 6.03 Å². The van der Waals surface area contributed by atoms with Crippen LogP contribution in [-0.4, -0.2) is 34.8 Å². The van der Waals surface area contributed by atoms with Crippen molar-refractivity contribution in [3.05, 3.63) is 89.6 Å². The number of aryl methyl sites for hydroxylation is 1. The molecule has 3 amide bonds. The summed E-state index contributed by atoms with van der Waals surface area (Å²) in [5.74, 6) is 0.0812. The average molecular weight is 452 g/mol. The van der Waals surface area contributed by atoms with E-state index >= 15 is 0 Å². The van der Waals surface area contributed by atoms with Gasteiger partial charge in [-0.1, -0.05) is 44.2 Å². The van der Waals surface area contributed by atoms with Gasteiger partial charge in [0.15, 0.2) is 0 Å². The van der Waals surface area contributed by atoms with E-state index in [9.17, 15) is 14.0 Å². The Labute approximate surface area is 194 Å². The first kappa shape index (κ1) is 24.0. The quantitative estimate of drug-likeness (QED) is 0.446. The molecule has 6 nitrogen and oxygen atoms in total. The van der Waals surface area contributed by atoms with E-state index in [1.54, 1.807) is 35.4 Å². The van der Waals surface area contributed by atoms with Crippen molar-refractivity contribution in [2.45, 2.75) is 39.8 Å². The predicted octanol–water partition coefficient (Wildman–Crippen LogP) is 5.45. The molecule has 0 atom stereocenters. The summed E-state index contributed by atoms with van der Waals surface area (Å²) in [5, 5.41) is 2.95. The number of carbonyl (C=O) groups excluding carboxylic acids is 2. The summed E-state index contributed by atoms with van der Waals surface area (Å²) < 4.78 is 18.7. The fourth-order valence-corrected chi connectivity index (χ4v) is 3.56. The van der Waals surface area contributed by atoms with Crippen molar-refractivity contribution < 1.29 is 18.4 Å². The molecular weight excluding hydrogens is 421 g/mol. The molecule has 0 spiro atoms. The van der Waals surface area contributed by atoms with Gasteiger partial charge in [0.2, 0.25) is 5.91 Å². The van der Waals surface area contributed by atoms with Crippen LogP contribution in [0.3, 0.4) is 0 Å². The van der Waals surface area contributed by atoms with Gasteiger partial charge in [0.1, 0.15) is 18.1 Å². The van der Waals surface area contributed by atoms with Crippen LogP contribution < -0.4 is 5.32 Å². The SMILES string of the molecule is CCCN(CC(=O)N(Cc1ccc(F)cc1)Cc1ccco1)C(=O)Nc1ccccc1CC. The first-order chi connectivity index (χ1) is 16.0. The van der Waals surface area contributed by atoms with Crippen LogP contribution in [0.2, 0.25) is 0 Å². The average Bonchev–Trinajstić information content (AvgIpc) is 3.33. The van der Waals surface area contributed by atoms with E-state index in [0.29, 0.717) is 18.7 Å². The zero-order valence-corrected chi connectivity index (χ0v) is 19.1. The van der Waals surface area contributed by atoms with E-state index in [0.717, 1.165) is 23.2 Å². The highest BCUT2D eigenvalue weighted by Gasteiger charge is 2.22. The second-order valence-corrected chi connectivity index (χ2v) is 7.82. The van der Waals surface area contributed by atoms with Crippen LogP contribution in [0.1, 0.15) is 37.2 Å². The van der Waals surface area contributed by atoms with Crippen molar-refractivity contribution in [3.8, 4) is 0 Å². The summed E-state index contributed by atoms with van der Waals surface area (Å²) in [7, 11) is 0. The van der Waals surface area contributed by atoms with Crippen molar-refractivity contribution in [2.24, 2.45) is 0 Å². The van der Waals surface area contributed by atoms with Crippen LogP contribution in [0.15, 0.2) is 71.3 Å². The highest BCUT2D eigenvalue weighted by molar-refractivity contribution is 5.93. The minimum atomic E-state index is -0.333. The summed E-state index contributed by atoms with van der Waals surface area (Å²) in [5.41, 5.74) is 2.57. The number of para-hydroxylation sites is 1. The van der Waals surface area contributed by atoms with Gasteiger partial charge in [-0.3, -0.25) is 4.79 Å². The summed E-state index contributed by atoms with van der Waals surface area (Å²) >= 11 is 0. The maximum Gasteiger partial charge on any atom is 0.322 e. The van der Waals surface area contributed by atoms with Crippen molar-refractivity contribution in [1.82, 2.24) is 9.80 Å². The zero-order chi connectivity index (χ0) is 23.6. The standard InChI is InChI=1S/C26H30FN3O3/c1-3-15-29(26(32)28-24-10-6-5-8-21(24)4-2)19-25(31)30(18-23-9-7-16-33-23)17-20-11-13-22(27)14-12-20/h5-14,16H,3-4,15,17-19H2,1-2H3,(H,28,32). The van der Waals surface area contributed by atoms with Gasteiger partial charge in [-0.15, -0.1) is 0 Å². The predicted molar refractivity (Wildman–Crippen MR) is 126 cm³/mol. The number of hydrogen-bond donors (Lipinski definition) is 1. The molecule has 3 rings (SSSR count). The zero-order valence-electron chi connectivity index (χ0n) is 19.1. The molecule has 0 radical (unpaired) electrons. The van der Waals surface area contributed by atoms with Crippen LogP contribution in [0, 0.1) is 5.82 Å². The number of amides is 3. The van der Waals surface area contributed by atoms with Gasteiger partial charge in [0, 0.05) is 18.8 Å². The Morgan fingerprint density at radius 3 is 2.36 bits per heavy atom. The molecule has 0 unspecified atom stereocenters. The highest BCUT2D eigenvalue weighted by Crippen LogP contribution is 2.17. The monoisotopic (exact) mass is 451 g/mol. The lowest BCUT2D eigenvalue weighted by molar-refractivity contribution is -0.133. The van der Waals surface area contributed by atoms with Crippen molar-refractivity contribution >= 4 is 17.6 Å². The Kier molecular flexibility index (Phi) is 8.63. The van der Waals surface area contributed by atoms with E-state index in [-0.39, 0.29) is 37.4 Å². The van der Waals surface area contributed by atoms with Crippen LogP contribution in [0.5, 0.6) is 0 Å². The number of furan rings is 1. The van der Waals surface area contributed by atoms with Gasteiger partial charge in [0.25, 0.3) is 0 Å². The number of urea groups is 1. The minimum Gasteiger partial charge on any atom is -0.467 e. The van der Waals surface area contributed by atoms with Crippen LogP contribution >= 0.6 is 0 Å². The third kappa shape index (κ3) is 6.94. The molecule has 0 saturated heterocycles. The van der Waals surface area contributed by atoms with Gasteiger partial charge in [-0.2, -0.15) is 0 Å². The molecule has 3 aromatic rings. The van der Waals surface area contributed by atoms with Crippen LogP contribution in [0.25, 0.3) is 0 Å². The molecular formula is C26H30FN3O3. The molecule has 7 heteroatoms. The Balaban J connectivity index is 1.74. The lowest BCUT2D eigenvalue weighted by Crippen LogP contribution is -2.44. The third-order valence-corrected chi connectivity index (χ3v) is 5.31. The highest BCUT2D eigenvalue weighted by atomic mass is 19.1. The Morgan fingerprint density at radius 2 is 1.70 bits per heavy atom. The number of nitrogens with one attached hydrogen (secondary N) is 1. The van der Waals surface area contributed by atoms with Crippen LogP contribution in [-0.2, 0) is 24.3 Å². The molecule has 0 bridgehead atoms. The topological polar surface area (TPSA) is 65.8 Å². The first-order valence-corrected chi connectivity index (χ1v) is 11.2. The largest absolute Gasteiger partial charge is 0.467 e. The van der Waals surface area contributed by atoms with Crippen molar-refractivity contribution in [1.29, 1.82) is 0 Å². The molecule has 0 fully saturated rings. The normalized spacial score (nSPS) is 10.6. The minimum absolute atomic E-state index is 0.0735. The summed E-state index contributed by atoms with van der Waals surface area (Å²) in [6, 6.07) is 16.9. The lowest BCUT2D eigenvalue weighted by atomic mass is 10.1. The van der Waals surface area contributed by atoms with Gasteiger partial charge < -0.3 is 19.5 Å². The number of nitrogens with zero attached hydrogens (tertiary/aromatic N) is 2. The Bertz CT molecular complexity index is 1040. The van der Waals surface area contributed by atoms with E-state index in [2.05, 4.69) is 5.32 Å². The number of halogens is 1. The summed E-state index contributed by atoms with van der Waals surface area (Å²) in [4.78, 5) is 29.5. The van der Waals surface area contributed by atoms with Crippen molar-refractivity contribution in [2.75, 3.05) is 18.4 Å². The molecule has 1 heterocycles. The second-order valence-electron chi connectivity index (χ2n) is 7.82. The maximum absolute atomic E-state index is 13.3. The maximum atomic E-state index is 13.3. The molecule has 1 aromatic heterocycles. The fraction of sp³-hybridized carbons (Fsp3) is 0.308. The van der Waals surface area contributed by atoms with E-state index < -0.39 is 0 Å². The number of carbonyl (C=O) groups is 2. The number of hydrogen-bond acceptors (Lipinski definition) is 3. The van der Waals surface area contributed by atoms with E-state index in [1.807, 2.05) is 38.1 Å². The molecule has 0 aliphatic carbocycles. The second kappa shape index (κ2) is 11.9. The lowest BCUT2D eigenvalue weighted by Gasteiger charge is -2.27. The molecule has 0 saturated carbocycles.